The zero-order valence-electron chi connectivity index (χ0n) is 20.4. The Morgan fingerprint density at radius 1 is 0.972 bits per heavy atom. The molecule has 8 heteroatoms. The summed E-state index contributed by atoms with van der Waals surface area (Å²) >= 11 is 6.20. The number of rotatable bonds is 9. The van der Waals surface area contributed by atoms with Gasteiger partial charge in [0.2, 0.25) is 5.91 Å². The molecule has 3 N–H and O–H groups in total. The minimum atomic E-state index is -0.916. The summed E-state index contributed by atoms with van der Waals surface area (Å²) in [6.07, 6.45) is 0.972. The molecule has 2 amide bonds. The number of phenolic OH excluding ortho intramolecular Hbond substituents is 1. The van der Waals surface area contributed by atoms with Crippen LogP contribution in [0.25, 0.3) is 0 Å². The van der Waals surface area contributed by atoms with Crippen molar-refractivity contribution < 1.29 is 24.2 Å². The number of esters is 1. The van der Waals surface area contributed by atoms with Crippen LogP contribution in [0.3, 0.4) is 0 Å². The van der Waals surface area contributed by atoms with Crippen molar-refractivity contribution in [3.63, 3.8) is 0 Å². The normalized spacial score (nSPS) is 11.4. The predicted molar refractivity (Wildman–Crippen MR) is 139 cm³/mol. The number of hydrogen-bond donors (Lipinski definition) is 3. The molecule has 0 aliphatic heterocycles. The van der Waals surface area contributed by atoms with E-state index in [1.165, 1.54) is 7.11 Å². The number of carbonyl (C=O) groups is 3. The Morgan fingerprint density at radius 2 is 1.72 bits per heavy atom. The van der Waals surface area contributed by atoms with Gasteiger partial charge in [0.25, 0.3) is 5.91 Å². The summed E-state index contributed by atoms with van der Waals surface area (Å²) in [5.74, 6) is -1.01. The molecule has 0 radical (unpaired) electrons. The van der Waals surface area contributed by atoms with E-state index in [0.717, 1.165) is 16.7 Å². The summed E-state index contributed by atoms with van der Waals surface area (Å²) in [7, 11) is 1.27. The van der Waals surface area contributed by atoms with Crippen molar-refractivity contribution in [2.24, 2.45) is 0 Å². The molecule has 0 aliphatic carbocycles. The number of phenols is 1. The highest BCUT2D eigenvalue weighted by Crippen LogP contribution is 2.21. The van der Waals surface area contributed by atoms with Crippen LogP contribution in [0.5, 0.6) is 5.75 Å². The second-order valence-corrected chi connectivity index (χ2v) is 8.96. The molecule has 3 rings (SSSR count). The van der Waals surface area contributed by atoms with Crippen molar-refractivity contribution in [3.05, 3.63) is 93.5 Å². The Bertz CT molecular complexity index is 1250. The van der Waals surface area contributed by atoms with Gasteiger partial charge in [0.15, 0.2) is 0 Å². The quantitative estimate of drug-likeness (QED) is 0.362. The van der Waals surface area contributed by atoms with Crippen molar-refractivity contribution >= 4 is 35.1 Å². The standard InChI is InChI=1S/C28H29ClN2O5/c1-17-6-4-9-22(29)26(17)27(34)31-24(28(35)36-3)16-20-10-12-23(18(2)14-20)30-25(33)13-11-19-7-5-8-21(32)15-19/h4-10,12,14-15,24,32H,11,13,16H2,1-3H3,(H,30,33)(H,31,34). The Hall–Kier alpha value is -3.84. The molecular weight excluding hydrogens is 480 g/mol. The number of aryl methyl sites for hydroxylation is 3. The first kappa shape index (κ1) is 26.8. The van der Waals surface area contributed by atoms with Gasteiger partial charge >= 0.3 is 5.97 Å². The van der Waals surface area contributed by atoms with Crippen LogP contribution < -0.4 is 10.6 Å². The number of halogens is 1. The number of amides is 2. The molecule has 0 saturated heterocycles. The summed E-state index contributed by atoms with van der Waals surface area (Å²) < 4.78 is 4.90. The van der Waals surface area contributed by atoms with Crippen LogP contribution in [0.2, 0.25) is 5.02 Å². The second-order valence-electron chi connectivity index (χ2n) is 8.55. The number of benzene rings is 3. The fraction of sp³-hybridized carbons (Fsp3) is 0.250. The van der Waals surface area contributed by atoms with Gasteiger partial charge in [-0.25, -0.2) is 4.79 Å². The smallest absolute Gasteiger partial charge is 0.328 e. The van der Waals surface area contributed by atoms with Crippen LogP contribution in [0, 0.1) is 13.8 Å². The Morgan fingerprint density at radius 3 is 2.39 bits per heavy atom. The summed E-state index contributed by atoms with van der Waals surface area (Å²) in [5.41, 5.74) is 4.15. The number of ether oxygens (including phenoxy) is 1. The average Bonchev–Trinajstić information content (AvgIpc) is 2.83. The van der Waals surface area contributed by atoms with Gasteiger partial charge in [-0.3, -0.25) is 9.59 Å². The molecular formula is C28H29ClN2O5. The van der Waals surface area contributed by atoms with Gasteiger partial charge in [-0.1, -0.05) is 48.0 Å². The summed E-state index contributed by atoms with van der Waals surface area (Å²) in [5, 5.41) is 15.5. The van der Waals surface area contributed by atoms with E-state index in [0.29, 0.717) is 28.3 Å². The molecule has 3 aromatic rings. The van der Waals surface area contributed by atoms with Crippen LogP contribution in [-0.4, -0.2) is 36.0 Å². The molecule has 0 fully saturated rings. The van der Waals surface area contributed by atoms with E-state index in [9.17, 15) is 19.5 Å². The lowest BCUT2D eigenvalue weighted by Gasteiger charge is -2.19. The molecule has 36 heavy (non-hydrogen) atoms. The maximum absolute atomic E-state index is 12.9. The summed E-state index contributed by atoms with van der Waals surface area (Å²) in [6.45, 7) is 3.63. The maximum atomic E-state index is 12.9. The van der Waals surface area contributed by atoms with Gasteiger partial charge in [0.1, 0.15) is 11.8 Å². The lowest BCUT2D eigenvalue weighted by atomic mass is 10.0. The number of nitrogens with one attached hydrogen (secondary N) is 2. The number of aromatic hydroxyl groups is 1. The Balaban J connectivity index is 1.66. The number of carbonyl (C=O) groups excluding carboxylic acids is 3. The van der Waals surface area contributed by atoms with Crippen molar-refractivity contribution in [1.82, 2.24) is 5.32 Å². The highest BCUT2D eigenvalue weighted by molar-refractivity contribution is 6.34. The molecule has 1 unspecified atom stereocenters. The van der Waals surface area contributed by atoms with E-state index in [2.05, 4.69) is 10.6 Å². The third kappa shape index (κ3) is 7.09. The van der Waals surface area contributed by atoms with Crippen LogP contribution in [-0.2, 0) is 27.2 Å². The fourth-order valence-corrected chi connectivity index (χ4v) is 4.20. The first-order valence-corrected chi connectivity index (χ1v) is 11.9. The van der Waals surface area contributed by atoms with Crippen LogP contribution in [0.1, 0.15) is 39.0 Å². The Labute approximate surface area is 215 Å². The van der Waals surface area contributed by atoms with Crippen LogP contribution in [0.4, 0.5) is 5.69 Å². The third-order valence-electron chi connectivity index (χ3n) is 5.80. The number of anilines is 1. The molecule has 0 bridgehead atoms. The number of methoxy groups -OCH3 is 1. The molecule has 0 aromatic heterocycles. The van der Waals surface area contributed by atoms with Gasteiger partial charge in [-0.05, 0) is 66.8 Å². The van der Waals surface area contributed by atoms with E-state index >= 15 is 0 Å². The lowest BCUT2D eigenvalue weighted by molar-refractivity contribution is -0.142. The molecule has 0 saturated carbocycles. The van der Waals surface area contributed by atoms with Crippen molar-refractivity contribution in [2.45, 2.75) is 39.2 Å². The lowest BCUT2D eigenvalue weighted by Crippen LogP contribution is -2.43. The zero-order valence-corrected chi connectivity index (χ0v) is 21.2. The topological polar surface area (TPSA) is 105 Å². The predicted octanol–water partition coefficient (Wildman–Crippen LogP) is 4.75. The highest BCUT2D eigenvalue weighted by Gasteiger charge is 2.24. The minimum Gasteiger partial charge on any atom is -0.508 e. The van der Waals surface area contributed by atoms with Crippen molar-refractivity contribution in [1.29, 1.82) is 0 Å². The largest absolute Gasteiger partial charge is 0.508 e. The minimum absolute atomic E-state index is 0.149. The van der Waals surface area contributed by atoms with Gasteiger partial charge < -0.3 is 20.5 Å². The van der Waals surface area contributed by atoms with Crippen molar-refractivity contribution in [3.8, 4) is 5.75 Å². The van der Waals surface area contributed by atoms with E-state index < -0.39 is 17.9 Å². The van der Waals surface area contributed by atoms with E-state index in [1.54, 1.807) is 55.5 Å². The molecule has 188 valence electrons. The Kier molecular flexibility index (Phi) is 9.08. The van der Waals surface area contributed by atoms with E-state index in [-0.39, 0.29) is 24.5 Å². The fourth-order valence-electron chi connectivity index (χ4n) is 3.90. The summed E-state index contributed by atoms with van der Waals surface area (Å²) in [6, 6.07) is 16.5. The SMILES string of the molecule is COC(=O)C(Cc1ccc(NC(=O)CCc2cccc(O)c2)c(C)c1)NC(=O)c1c(C)cccc1Cl. The van der Waals surface area contributed by atoms with Crippen molar-refractivity contribution in [2.75, 3.05) is 12.4 Å². The van der Waals surface area contributed by atoms with Gasteiger partial charge in [-0.2, -0.15) is 0 Å². The van der Waals surface area contributed by atoms with E-state index in [4.69, 9.17) is 16.3 Å². The van der Waals surface area contributed by atoms with Gasteiger partial charge in [0, 0.05) is 18.5 Å². The average molecular weight is 509 g/mol. The molecule has 3 aromatic carbocycles. The molecule has 0 spiro atoms. The number of hydrogen-bond acceptors (Lipinski definition) is 5. The molecule has 0 aliphatic rings. The van der Waals surface area contributed by atoms with E-state index in [1.807, 2.05) is 19.1 Å². The van der Waals surface area contributed by atoms with Gasteiger partial charge in [-0.15, -0.1) is 0 Å². The molecule has 7 nitrogen and oxygen atoms in total. The zero-order chi connectivity index (χ0) is 26.2. The molecule has 1 atom stereocenters. The summed E-state index contributed by atoms with van der Waals surface area (Å²) in [4.78, 5) is 37.7. The first-order chi connectivity index (χ1) is 17.2. The third-order valence-corrected chi connectivity index (χ3v) is 6.11. The van der Waals surface area contributed by atoms with Gasteiger partial charge in [0.05, 0.1) is 17.7 Å². The monoisotopic (exact) mass is 508 g/mol. The maximum Gasteiger partial charge on any atom is 0.328 e. The van der Waals surface area contributed by atoms with Crippen LogP contribution in [0.15, 0.2) is 60.7 Å². The first-order valence-electron chi connectivity index (χ1n) is 11.5. The second kappa shape index (κ2) is 12.2. The van der Waals surface area contributed by atoms with Crippen LogP contribution >= 0.6 is 11.6 Å². The molecule has 0 heterocycles. The highest BCUT2D eigenvalue weighted by atomic mass is 35.5.